The SMILES string of the molecule is C.Cc1noc(C)c1-c1cnc2[nH]c(=O)n(Cc3ccccc3)c2c1.Cc1noc(C)c1-c1cnc2nc(Cl)n(Cc3ccccc3)c2c1.F.O=P(Cl)(Cl)Cl. The van der Waals surface area contributed by atoms with Crippen molar-refractivity contribution in [1.29, 1.82) is 0 Å². The van der Waals surface area contributed by atoms with Crippen molar-refractivity contribution in [1.82, 2.24) is 39.4 Å². The molecule has 18 heteroatoms. The molecule has 55 heavy (non-hydrogen) atoms. The van der Waals surface area contributed by atoms with Crippen LogP contribution in [0.25, 0.3) is 44.6 Å². The fourth-order valence-electron chi connectivity index (χ4n) is 5.91. The molecule has 0 bridgehead atoms. The van der Waals surface area contributed by atoms with Crippen molar-refractivity contribution in [3.05, 3.63) is 135 Å². The molecule has 0 atom stereocenters. The summed E-state index contributed by atoms with van der Waals surface area (Å²) >= 11 is 20.2. The van der Waals surface area contributed by atoms with Crippen LogP contribution in [-0.4, -0.2) is 39.4 Å². The molecule has 0 spiro atoms. The minimum absolute atomic E-state index is 0. The van der Waals surface area contributed by atoms with E-state index >= 15 is 0 Å². The molecule has 8 rings (SSSR count). The Balaban J connectivity index is 0.000000211. The number of aromatic nitrogens is 8. The van der Waals surface area contributed by atoms with Crippen molar-refractivity contribution in [2.75, 3.05) is 0 Å². The van der Waals surface area contributed by atoms with Crippen LogP contribution < -0.4 is 5.69 Å². The molecule has 0 radical (unpaired) electrons. The summed E-state index contributed by atoms with van der Waals surface area (Å²) in [6, 6.07) is 24.0. The van der Waals surface area contributed by atoms with Gasteiger partial charge < -0.3 is 13.6 Å². The summed E-state index contributed by atoms with van der Waals surface area (Å²) in [5, 5.41) is 5.21. The van der Waals surface area contributed by atoms with Gasteiger partial charge in [-0.15, -0.1) is 0 Å². The van der Waals surface area contributed by atoms with Crippen LogP contribution in [-0.2, 0) is 17.7 Å². The fourth-order valence-corrected chi connectivity index (χ4v) is 6.15. The molecule has 12 nitrogen and oxygen atoms in total. The van der Waals surface area contributed by atoms with Gasteiger partial charge in [-0.25, -0.2) is 14.8 Å². The number of aryl methyl sites for hydroxylation is 4. The molecule has 0 saturated heterocycles. The lowest BCUT2D eigenvalue weighted by atomic mass is 10.1. The van der Waals surface area contributed by atoms with Gasteiger partial charge in [-0.05, 0) is 96.3 Å². The second-order valence-corrected chi connectivity index (χ2v) is 18.9. The van der Waals surface area contributed by atoms with Crippen LogP contribution in [0.5, 0.6) is 0 Å². The van der Waals surface area contributed by atoms with Crippen molar-refractivity contribution in [3.63, 3.8) is 0 Å². The van der Waals surface area contributed by atoms with Gasteiger partial charge in [0.15, 0.2) is 11.3 Å². The zero-order valence-electron chi connectivity index (χ0n) is 29.1. The van der Waals surface area contributed by atoms with Crippen molar-refractivity contribution in [2.45, 2.75) is 48.2 Å². The minimum Gasteiger partial charge on any atom is -0.361 e. The van der Waals surface area contributed by atoms with Gasteiger partial charge in [-0.1, -0.05) is 78.4 Å². The standard InChI is InChI=1S/C18H15ClN4O.C18H16N4O2.CH4.Cl3OP.FH/c1-11-16(12(2)24-22-11)14-8-15-17(20-9-14)21-18(19)23(15)10-13-6-4-3-5-7-13;1-11-16(12(2)24-21-11)14-8-15-17(19-9-14)20-18(23)22(15)10-13-6-4-3-5-7-13;;1-5(2,3)4;/h3-9H,10H2,1-2H3;3-9H,10H2,1-2H3,(H,19,20,23);1H4;;1H. The highest BCUT2D eigenvalue weighted by atomic mass is 36.0. The Kier molecular flexibility index (Phi) is 14.2. The molecule has 0 unspecified atom stereocenters. The van der Waals surface area contributed by atoms with Crippen LogP contribution in [0.2, 0.25) is 5.28 Å². The first kappa shape index (κ1) is 43.0. The normalized spacial score (nSPS) is 10.9. The Morgan fingerprint density at radius 2 is 1.18 bits per heavy atom. The third-order valence-electron chi connectivity index (χ3n) is 8.20. The van der Waals surface area contributed by atoms with Gasteiger partial charge in [-0.3, -0.25) is 18.8 Å². The Morgan fingerprint density at radius 1 is 0.727 bits per heavy atom. The Hall–Kier alpha value is -4.78. The fraction of sp³-hybridized carbons (Fsp3) is 0.189. The number of hydrogen-bond donors (Lipinski definition) is 1. The third-order valence-corrected chi connectivity index (χ3v) is 8.49. The van der Waals surface area contributed by atoms with Gasteiger partial charge in [-0.2, -0.15) is 4.98 Å². The van der Waals surface area contributed by atoms with Crippen LogP contribution in [0.1, 0.15) is 41.5 Å². The van der Waals surface area contributed by atoms with E-state index in [9.17, 15) is 9.36 Å². The first-order chi connectivity index (χ1) is 25.3. The number of halogens is 5. The van der Waals surface area contributed by atoms with E-state index in [1.165, 1.54) is 0 Å². The van der Waals surface area contributed by atoms with Gasteiger partial charge in [0, 0.05) is 34.6 Å². The van der Waals surface area contributed by atoms with Crippen LogP contribution in [0, 0.1) is 27.7 Å². The zero-order valence-corrected chi connectivity index (χ0v) is 33.0. The molecule has 0 aliphatic heterocycles. The summed E-state index contributed by atoms with van der Waals surface area (Å²) in [7, 11) is 0. The largest absolute Gasteiger partial charge is 0.361 e. The predicted octanol–water partition coefficient (Wildman–Crippen LogP) is 11.0. The van der Waals surface area contributed by atoms with Gasteiger partial charge in [0.2, 0.25) is 5.28 Å². The minimum atomic E-state index is -3.22. The third kappa shape index (κ3) is 10.3. The van der Waals surface area contributed by atoms with E-state index in [1.807, 2.05) is 92.9 Å². The number of benzene rings is 2. The van der Waals surface area contributed by atoms with Crippen LogP contribution in [0.15, 0.2) is 99.0 Å². The van der Waals surface area contributed by atoms with E-state index in [-0.39, 0.29) is 17.8 Å². The number of hydrogen-bond acceptors (Lipinski definition) is 9. The number of nitrogens with zero attached hydrogens (tertiary/aromatic N) is 7. The second kappa shape index (κ2) is 18.2. The molecule has 2 aromatic carbocycles. The quantitative estimate of drug-likeness (QED) is 0.161. The van der Waals surface area contributed by atoms with E-state index in [4.69, 9.17) is 20.6 Å². The Labute approximate surface area is 334 Å². The van der Waals surface area contributed by atoms with Crippen LogP contribution in [0.4, 0.5) is 4.70 Å². The number of nitrogens with one attached hydrogen (secondary N) is 1. The summed E-state index contributed by atoms with van der Waals surface area (Å²) in [6.07, 6.45) is 3.52. The number of rotatable bonds is 6. The highest BCUT2D eigenvalue weighted by Gasteiger charge is 2.17. The van der Waals surface area contributed by atoms with Gasteiger partial charge in [0.1, 0.15) is 11.5 Å². The molecule has 0 amide bonds. The highest BCUT2D eigenvalue weighted by Crippen LogP contribution is 2.61. The molecule has 0 saturated carbocycles. The molecule has 8 aromatic rings. The summed E-state index contributed by atoms with van der Waals surface area (Å²) in [6.45, 7) is 8.71. The van der Waals surface area contributed by atoms with E-state index in [0.717, 1.165) is 67.3 Å². The maximum atomic E-state index is 12.3. The maximum absolute atomic E-state index is 12.3. The summed E-state index contributed by atoms with van der Waals surface area (Å²) in [5.74, 6) is 1.51. The van der Waals surface area contributed by atoms with Crippen LogP contribution in [0.3, 0.4) is 0 Å². The lowest BCUT2D eigenvalue weighted by molar-refractivity contribution is 0.393. The molecule has 0 aliphatic carbocycles. The molecule has 6 aromatic heterocycles. The first-order valence-corrected chi connectivity index (χ1v) is 20.8. The molecule has 0 fully saturated rings. The molecule has 1 N–H and O–H groups in total. The maximum Gasteiger partial charge on any atom is 0.339 e. The highest BCUT2D eigenvalue weighted by molar-refractivity contribution is 8.24. The summed E-state index contributed by atoms with van der Waals surface area (Å²) in [5.41, 5.74) is 10.3. The van der Waals surface area contributed by atoms with Crippen LogP contribution >= 0.6 is 50.5 Å². The van der Waals surface area contributed by atoms with Gasteiger partial charge >= 0.3 is 10.9 Å². The van der Waals surface area contributed by atoms with Crippen molar-refractivity contribution >= 4 is 72.9 Å². The molecule has 0 aliphatic rings. The topological polar surface area (TPSA) is 151 Å². The second-order valence-electron chi connectivity index (χ2n) is 11.9. The van der Waals surface area contributed by atoms with Crippen molar-refractivity contribution in [2.24, 2.45) is 0 Å². The van der Waals surface area contributed by atoms with E-state index < -0.39 is 5.20 Å². The van der Waals surface area contributed by atoms with Gasteiger partial charge in [0.05, 0.1) is 35.5 Å². The average molecular weight is 849 g/mol. The summed E-state index contributed by atoms with van der Waals surface area (Å²) < 4.78 is 23.7. The monoisotopic (exact) mass is 846 g/mol. The number of H-pyrrole nitrogens is 1. The molecule has 288 valence electrons. The number of pyridine rings is 2. The predicted molar refractivity (Wildman–Crippen MR) is 218 cm³/mol. The Morgan fingerprint density at radius 3 is 1.65 bits per heavy atom. The van der Waals surface area contributed by atoms with E-state index in [2.05, 4.69) is 76.1 Å². The van der Waals surface area contributed by atoms with Gasteiger partial charge in [0.25, 0.3) is 0 Å². The average Bonchev–Trinajstić information content (AvgIpc) is 3.83. The number of imidazole rings is 2. The summed E-state index contributed by atoms with van der Waals surface area (Å²) in [4.78, 5) is 28.3. The number of fused-ring (bicyclic) bond motifs is 2. The molecular weight excluding hydrogens is 812 g/mol. The first-order valence-electron chi connectivity index (χ1n) is 16.0. The Bertz CT molecular complexity index is 2590. The zero-order chi connectivity index (χ0) is 37.9. The van der Waals surface area contributed by atoms with E-state index in [1.54, 1.807) is 17.0 Å². The van der Waals surface area contributed by atoms with E-state index in [0.29, 0.717) is 29.7 Å². The smallest absolute Gasteiger partial charge is 0.339 e. The molecule has 6 heterocycles. The number of aromatic amines is 1. The van der Waals surface area contributed by atoms with Crippen molar-refractivity contribution in [3.8, 4) is 22.3 Å². The van der Waals surface area contributed by atoms with Crippen molar-refractivity contribution < 1.29 is 18.3 Å². The lowest BCUT2D eigenvalue weighted by Gasteiger charge is -2.07. The lowest BCUT2D eigenvalue weighted by Crippen LogP contribution is -2.17. The molecular formula is C37H36Cl4FN8O4P.